The van der Waals surface area contributed by atoms with E-state index in [2.05, 4.69) is 11.4 Å². The summed E-state index contributed by atoms with van der Waals surface area (Å²) in [6.45, 7) is -0.235. The molecular formula is C21H24N2O3. The first kappa shape index (κ1) is 17.1. The maximum absolute atomic E-state index is 12.6. The molecule has 5 rings (SSSR count). The van der Waals surface area contributed by atoms with E-state index in [1.54, 1.807) is 24.3 Å². The fraction of sp³-hybridized carbons (Fsp3) is 0.571. The number of carbonyl (C=O) groups excluding carboxylic acids is 2. The highest BCUT2D eigenvalue weighted by molar-refractivity contribution is 5.93. The third kappa shape index (κ3) is 3.46. The van der Waals surface area contributed by atoms with Gasteiger partial charge in [0.1, 0.15) is 0 Å². The lowest BCUT2D eigenvalue weighted by atomic mass is 9.52. The normalized spacial score (nSPS) is 31.3. The van der Waals surface area contributed by atoms with E-state index in [1.807, 2.05) is 0 Å². The topological polar surface area (TPSA) is 79.2 Å². The van der Waals surface area contributed by atoms with E-state index in [0.29, 0.717) is 23.9 Å². The molecule has 5 heteroatoms. The van der Waals surface area contributed by atoms with Crippen molar-refractivity contribution in [1.29, 1.82) is 5.26 Å². The zero-order chi connectivity index (χ0) is 18.1. The van der Waals surface area contributed by atoms with Gasteiger partial charge in [-0.2, -0.15) is 5.26 Å². The van der Waals surface area contributed by atoms with E-state index >= 15 is 0 Å². The minimum atomic E-state index is -0.324. The van der Waals surface area contributed by atoms with Gasteiger partial charge >= 0.3 is 5.97 Å². The van der Waals surface area contributed by atoms with Gasteiger partial charge in [0.25, 0.3) is 5.91 Å². The van der Waals surface area contributed by atoms with E-state index in [4.69, 9.17) is 10.00 Å². The first-order valence-corrected chi connectivity index (χ1v) is 9.54. The van der Waals surface area contributed by atoms with Gasteiger partial charge in [-0.15, -0.1) is 0 Å². The van der Waals surface area contributed by atoms with Crippen LogP contribution in [0.25, 0.3) is 0 Å². The van der Waals surface area contributed by atoms with Gasteiger partial charge in [0.15, 0.2) is 6.61 Å². The Kier molecular flexibility index (Phi) is 4.67. The summed E-state index contributed by atoms with van der Waals surface area (Å²) in [5, 5.41) is 11.4. The van der Waals surface area contributed by atoms with Crippen molar-refractivity contribution < 1.29 is 14.3 Å². The van der Waals surface area contributed by atoms with Gasteiger partial charge in [0.2, 0.25) is 0 Å². The van der Waals surface area contributed by atoms with Gasteiger partial charge < -0.3 is 10.1 Å². The van der Waals surface area contributed by atoms with Crippen LogP contribution in [0.5, 0.6) is 0 Å². The Morgan fingerprint density at radius 3 is 2.23 bits per heavy atom. The average molecular weight is 352 g/mol. The Morgan fingerprint density at radius 1 is 1.04 bits per heavy atom. The van der Waals surface area contributed by atoms with Crippen molar-refractivity contribution in [1.82, 2.24) is 0 Å². The molecule has 4 fully saturated rings. The molecule has 0 radical (unpaired) electrons. The number of hydrogen-bond acceptors (Lipinski definition) is 4. The maximum atomic E-state index is 12.6. The number of anilines is 1. The van der Waals surface area contributed by atoms with Gasteiger partial charge in [-0.05, 0) is 73.5 Å². The molecule has 1 aromatic carbocycles. The molecule has 1 aromatic rings. The molecule has 0 heterocycles. The van der Waals surface area contributed by atoms with Gasteiger partial charge in [-0.1, -0.05) is 12.1 Å². The zero-order valence-corrected chi connectivity index (χ0v) is 14.8. The molecule has 4 saturated carbocycles. The summed E-state index contributed by atoms with van der Waals surface area (Å²) >= 11 is 0. The van der Waals surface area contributed by atoms with Gasteiger partial charge in [-0.25, -0.2) is 0 Å². The first-order chi connectivity index (χ1) is 12.6. The van der Waals surface area contributed by atoms with E-state index in [-0.39, 0.29) is 24.4 Å². The average Bonchev–Trinajstić information content (AvgIpc) is 2.61. The van der Waals surface area contributed by atoms with Crippen molar-refractivity contribution in [3.8, 4) is 6.07 Å². The van der Waals surface area contributed by atoms with Crippen molar-refractivity contribution in [2.24, 2.45) is 29.6 Å². The quantitative estimate of drug-likeness (QED) is 0.825. The highest BCUT2D eigenvalue weighted by Crippen LogP contribution is 2.56. The fourth-order valence-electron chi connectivity index (χ4n) is 5.54. The molecule has 0 atom stereocenters. The number of amides is 1. The van der Waals surface area contributed by atoms with Crippen LogP contribution in [0.1, 0.15) is 37.7 Å². The van der Waals surface area contributed by atoms with Crippen LogP contribution in [0.3, 0.4) is 0 Å². The summed E-state index contributed by atoms with van der Waals surface area (Å²) in [7, 11) is 0. The van der Waals surface area contributed by atoms with Crippen molar-refractivity contribution in [3.05, 3.63) is 29.8 Å². The number of hydrogen-bond donors (Lipinski definition) is 1. The Hall–Kier alpha value is -2.35. The lowest BCUT2D eigenvalue weighted by molar-refractivity contribution is -0.164. The third-order valence-corrected chi connectivity index (χ3v) is 6.37. The summed E-state index contributed by atoms with van der Waals surface area (Å²) in [4.78, 5) is 24.6. The number of nitrogens with zero attached hydrogens (tertiary/aromatic N) is 1. The number of ether oxygens (including phenoxy) is 1. The highest BCUT2D eigenvalue weighted by atomic mass is 16.5. The molecular weight excluding hydrogens is 328 g/mol. The van der Waals surface area contributed by atoms with Crippen LogP contribution in [0.15, 0.2) is 24.3 Å². The lowest BCUT2D eigenvalue weighted by Crippen LogP contribution is -2.48. The van der Waals surface area contributed by atoms with Crippen LogP contribution in [-0.4, -0.2) is 18.5 Å². The van der Waals surface area contributed by atoms with Crippen LogP contribution in [-0.2, 0) is 20.7 Å². The largest absolute Gasteiger partial charge is 0.455 e. The van der Waals surface area contributed by atoms with Crippen molar-refractivity contribution >= 4 is 17.6 Å². The number of esters is 1. The predicted octanol–water partition coefficient (Wildman–Crippen LogP) is 3.31. The molecule has 0 saturated heterocycles. The molecule has 136 valence electrons. The summed E-state index contributed by atoms with van der Waals surface area (Å²) < 4.78 is 5.37. The molecule has 1 N–H and O–H groups in total. The van der Waals surface area contributed by atoms with Crippen LogP contribution in [0.2, 0.25) is 0 Å². The standard InChI is InChI=1S/C21H24N2O3/c22-6-5-13-1-3-18(4-2-13)23-19(24)12-26-21(25)20-16-8-14-7-15(10-16)11-17(20)9-14/h1-4,14-17,20H,5,7-12H2,(H,23,24). The maximum Gasteiger partial charge on any atom is 0.310 e. The monoisotopic (exact) mass is 352 g/mol. The van der Waals surface area contributed by atoms with Crippen LogP contribution >= 0.6 is 0 Å². The number of carbonyl (C=O) groups is 2. The van der Waals surface area contributed by atoms with Gasteiger partial charge in [0.05, 0.1) is 18.4 Å². The molecule has 0 aliphatic heterocycles. The molecule has 4 aliphatic carbocycles. The Labute approximate surface area is 153 Å². The minimum Gasteiger partial charge on any atom is -0.455 e. The Morgan fingerprint density at radius 2 is 1.65 bits per heavy atom. The molecule has 5 nitrogen and oxygen atoms in total. The smallest absolute Gasteiger partial charge is 0.310 e. The fourth-order valence-corrected chi connectivity index (χ4v) is 5.54. The number of benzene rings is 1. The second kappa shape index (κ2) is 7.11. The van der Waals surface area contributed by atoms with Crippen molar-refractivity contribution in [2.75, 3.05) is 11.9 Å². The molecule has 4 bridgehead atoms. The second-order valence-electron chi connectivity index (χ2n) is 8.14. The Balaban J connectivity index is 1.28. The molecule has 26 heavy (non-hydrogen) atoms. The molecule has 0 unspecified atom stereocenters. The van der Waals surface area contributed by atoms with E-state index in [9.17, 15) is 9.59 Å². The summed E-state index contributed by atoms with van der Waals surface area (Å²) in [6.07, 6.45) is 6.34. The number of nitriles is 1. The second-order valence-corrected chi connectivity index (χ2v) is 8.14. The molecule has 4 aliphatic rings. The zero-order valence-electron chi connectivity index (χ0n) is 14.8. The molecule has 0 spiro atoms. The molecule has 0 aromatic heterocycles. The SMILES string of the molecule is N#CCc1ccc(NC(=O)COC(=O)C2C3CC4CC(C3)CC2C4)cc1. The predicted molar refractivity (Wildman–Crippen MR) is 95.9 cm³/mol. The number of rotatable bonds is 5. The minimum absolute atomic E-state index is 0.000801. The lowest BCUT2D eigenvalue weighted by Gasteiger charge is -2.53. The van der Waals surface area contributed by atoms with Crippen LogP contribution in [0.4, 0.5) is 5.69 Å². The van der Waals surface area contributed by atoms with E-state index < -0.39 is 0 Å². The Bertz CT molecular complexity index is 707. The van der Waals surface area contributed by atoms with E-state index in [1.165, 1.54) is 6.42 Å². The van der Waals surface area contributed by atoms with Crippen LogP contribution in [0, 0.1) is 40.9 Å². The third-order valence-electron chi connectivity index (χ3n) is 6.37. The molecule has 1 amide bonds. The summed E-state index contributed by atoms with van der Waals surface area (Å²) in [5.74, 6) is 2.06. The number of nitrogens with one attached hydrogen (secondary N) is 1. The van der Waals surface area contributed by atoms with E-state index in [0.717, 1.165) is 43.1 Å². The summed E-state index contributed by atoms with van der Waals surface area (Å²) in [5.41, 5.74) is 1.54. The highest BCUT2D eigenvalue weighted by Gasteiger charge is 2.51. The van der Waals surface area contributed by atoms with Crippen molar-refractivity contribution in [3.63, 3.8) is 0 Å². The van der Waals surface area contributed by atoms with Crippen molar-refractivity contribution in [2.45, 2.75) is 38.5 Å². The van der Waals surface area contributed by atoms with Crippen LogP contribution < -0.4 is 5.32 Å². The van der Waals surface area contributed by atoms with Gasteiger partial charge in [0, 0.05) is 5.69 Å². The summed E-state index contributed by atoms with van der Waals surface area (Å²) in [6, 6.07) is 9.20. The van der Waals surface area contributed by atoms with Gasteiger partial charge in [-0.3, -0.25) is 9.59 Å². The first-order valence-electron chi connectivity index (χ1n) is 9.54.